The predicted molar refractivity (Wildman–Crippen MR) is 68.8 cm³/mol. The van der Waals surface area contributed by atoms with Crippen LogP contribution in [0, 0.1) is 13.8 Å². The normalized spacial score (nSPS) is 18.6. The van der Waals surface area contributed by atoms with Gasteiger partial charge < -0.3 is 19.7 Å². The molecule has 0 bridgehead atoms. The Morgan fingerprint density at radius 1 is 1.58 bits per heavy atom. The van der Waals surface area contributed by atoms with Crippen LogP contribution in [0.3, 0.4) is 0 Å². The third-order valence-corrected chi connectivity index (χ3v) is 3.90. The lowest BCUT2D eigenvalue weighted by Gasteiger charge is -2.20. The van der Waals surface area contributed by atoms with Crippen LogP contribution in [-0.4, -0.2) is 44.7 Å². The van der Waals surface area contributed by atoms with Gasteiger partial charge in [-0.2, -0.15) is 0 Å². The molecule has 0 radical (unpaired) electrons. The first-order chi connectivity index (χ1) is 8.99. The van der Waals surface area contributed by atoms with Gasteiger partial charge in [-0.3, -0.25) is 0 Å². The number of nitrogens with one attached hydrogen (secondary N) is 1. The van der Waals surface area contributed by atoms with E-state index in [1.807, 2.05) is 6.92 Å². The van der Waals surface area contributed by atoms with Gasteiger partial charge in [-0.05, 0) is 13.8 Å². The number of oxazole rings is 1. The molecule has 1 unspecified atom stereocenters. The van der Waals surface area contributed by atoms with Crippen molar-refractivity contribution >= 4 is 23.8 Å². The fourth-order valence-electron chi connectivity index (χ4n) is 1.71. The summed E-state index contributed by atoms with van der Waals surface area (Å²) in [5.74, 6) is 0.946. The zero-order valence-electron chi connectivity index (χ0n) is 10.7. The average Bonchev–Trinajstić information content (AvgIpc) is 2.94. The molecule has 2 N–H and O–H groups in total. The summed E-state index contributed by atoms with van der Waals surface area (Å²) >= 11 is 1.42. The molecule has 0 aliphatic carbocycles. The molecular weight excluding hydrogens is 270 g/mol. The molecule has 1 aromatic rings. The Labute approximate surface area is 114 Å². The van der Waals surface area contributed by atoms with E-state index < -0.39 is 18.0 Å². The summed E-state index contributed by atoms with van der Waals surface area (Å²) in [6, 6.07) is -1.18. The highest BCUT2D eigenvalue weighted by atomic mass is 32.2. The van der Waals surface area contributed by atoms with E-state index in [4.69, 9.17) is 9.52 Å². The number of carboxylic acid groups (broad SMARTS) is 1. The standard InChI is InChI=1S/C11H15N3O4S/c1-6-7(2)18-9(13-6)3-12-11(17)14-5-19-4-8(14)10(15)16/h8H,3-5H2,1-2H3,(H,12,17)(H,15,16). The number of carbonyl (C=O) groups is 2. The predicted octanol–water partition coefficient (Wildman–Crippen LogP) is 0.961. The molecule has 1 aromatic heterocycles. The molecule has 0 saturated carbocycles. The molecule has 1 aliphatic rings. The van der Waals surface area contributed by atoms with Crippen molar-refractivity contribution in [2.24, 2.45) is 0 Å². The number of hydrogen-bond donors (Lipinski definition) is 2. The monoisotopic (exact) mass is 285 g/mol. The van der Waals surface area contributed by atoms with Crippen LogP contribution in [0.4, 0.5) is 4.79 Å². The molecule has 2 rings (SSSR count). The third-order valence-electron chi connectivity index (χ3n) is 2.89. The number of nitrogens with zero attached hydrogens (tertiary/aromatic N) is 2. The summed E-state index contributed by atoms with van der Waals surface area (Å²) < 4.78 is 5.34. The van der Waals surface area contributed by atoms with E-state index in [-0.39, 0.29) is 6.54 Å². The van der Waals surface area contributed by atoms with E-state index in [1.165, 1.54) is 16.7 Å². The number of carbonyl (C=O) groups excluding carboxylic acids is 1. The number of urea groups is 1. The molecule has 1 atom stereocenters. The number of aliphatic carboxylic acids is 1. The number of aromatic nitrogens is 1. The van der Waals surface area contributed by atoms with Crippen molar-refractivity contribution in [3.05, 3.63) is 17.3 Å². The van der Waals surface area contributed by atoms with Gasteiger partial charge in [0.15, 0.2) is 0 Å². The number of carboxylic acids is 1. The number of rotatable bonds is 3. The highest BCUT2D eigenvalue weighted by Crippen LogP contribution is 2.21. The lowest BCUT2D eigenvalue weighted by atomic mass is 10.3. The van der Waals surface area contributed by atoms with E-state index in [0.717, 1.165) is 5.69 Å². The first-order valence-corrected chi connectivity index (χ1v) is 6.92. The summed E-state index contributed by atoms with van der Waals surface area (Å²) in [5, 5.41) is 11.6. The molecule has 8 heteroatoms. The molecule has 1 saturated heterocycles. The summed E-state index contributed by atoms with van der Waals surface area (Å²) in [7, 11) is 0. The van der Waals surface area contributed by atoms with Crippen molar-refractivity contribution < 1.29 is 19.1 Å². The van der Waals surface area contributed by atoms with Crippen LogP contribution in [0.25, 0.3) is 0 Å². The van der Waals surface area contributed by atoms with Gasteiger partial charge in [-0.15, -0.1) is 11.8 Å². The smallest absolute Gasteiger partial charge is 0.327 e. The van der Waals surface area contributed by atoms with Crippen molar-refractivity contribution in [3.8, 4) is 0 Å². The first-order valence-electron chi connectivity index (χ1n) is 5.77. The van der Waals surface area contributed by atoms with Crippen LogP contribution in [0.1, 0.15) is 17.3 Å². The topological polar surface area (TPSA) is 95.7 Å². The van der Waals surface area contributed by atoms with Gasteiger partial charge in [0.2, 0.25) is 5.89 Å². The Morgan fingerprint density at radius 3 is 2.89 bits per heavy atom. The zero-order chi connectivity index (χ0) is 14.0. The Bertz CT molecular complexity index is 483. The minimum absolute atomic E-state index is 0.154. The Morgan fingerprint density at radius 2 is 2.32 bits per heavy atom. The number of hydrogen-bond acceptors (Lipinski definition) is 5. The van der Waals surface area contributed by atoms with Crippen LogP contribution >= 0.6 is 11.8 Å². The van der Waals surface area contributed by atoms with Crippen molar-refractivity contribution in [2.75, 3.05) is 11.6 Å². The maximum absolute atomic E-state index is 11.9. The SMILES string of the molecule is Cc1nc(CNC(=O)N2CSCC2C(=O)O)oc1C. The molecule has 7 nitrogen and oxygen atoms in total. The Hall–Kier alpha value is -1.70. The number of aryl methyl sites for hydroxylation is 2. The largest absolute Gasteiger partial charge is 0.480 e. The quantitative estimate of drug-likeness (QED) is 0.858. The molecule has 1 fully saturated rings. The van der Waals surface area contributed by atoms with Crippen LogP contribution in [0.2, 0.25) is 0 Å². The lowest BCUT2D eigenvalue weighted by molar-refractivity contribution is -0.140. The van der Waals surface area contributed by atoms with Gasteiger partial charge in [0, 0.05) is 5.75 Å². The highest BCUT2D eigenvalue weighted by Gasteiger charge is 2.34. The molecule has 2 heterocycles. The van der Waals surface area contributed by atoms with Gasteiger partial charge in [0.05, 0.1) is 18.1 Å². The summed E-state index contributed by atoms with van der Waals surface area (Å²) in [4.78, 5) is 28.3. The minimum Gasteiger partial charge on any atom is -0.480 e. The van der Waals surface area contributed by atoms with Crippen molar-refractivity contribution in [2.45, 2.75) is 26.4 Å². The van der Waals surface area contributed by atoms with Crippen LogP contribution < -0.4 is 5.32 Å². The van der Waals surface area contributed by atoms with E-state index in [1.54, 1.807) is 6.92 Å². The Balaban J connectivity index is 1.92. The van der Waals surface area contributed by atoms with E-state index in [9.17, 15) is 9.59 Å². The summed E-state index contributed by atoms with van der Waals surface area (Å²) in [6.45, 7) is 3.77. The summed E-state index contributed by atoms with van der Waals surface area (Å²) in [6.07, 6.45) is 0. The maximum Gasteiger partial charge on any atom is 0.327 e. The first kappa shape index (κ1) is 13.7. The van der Waals surface area contributed by atoms with E-state index >= 15 is 0 Å². The van der Waals surface area contributed by atoms with Crippen LogP contribution in [-0.2, 0) is 11.3 Å². The van der Waals surface area contributed by atoms with Gasteiger partial charge in [0.25, 0.3) is 0 Å². The Kier molecular flexibility index (Phi) is 3.98. The van der Waals surface area contributed by atoms with E-state index in [2.05, 4.69) is 10.3 Å². The third kappa shape index (κ3) is 3.01. The van der Waals surface area contributed by atoms with Gasteiger partial charge in [0.1, 0.15) is 11.8 Å². The molecule has 104 valence electrons. The fourth-order valence-corrected chi connectivity index (χ4v) is 2.86. The molecule has 1 aliphatic heterocycles. The van der Waals surface area contributed by atoms with Crippen molar-refractivity contribution in [1.29, 1.82) is 0 Å². The fraction of sp³-hybridized carbons (Fsp3) is 0.545. The highest BCUT2D eigenvalue weighted by molar-refractivity contribution is 7.99. The molecule has 19 heavy (non-hydrogen) atoms. The number of thioether (sulfide) groups is 1. The van der Waals surface area contributed by atoms with Crippen molar-refractivity contribution in [1.82, 2.24) is 15.2 Å². The second-order valence-corrected chi connectivity index (χ2v) is 5.23. The van der Waals surface area contributed by atoms with Crippen LogP contribution in [0.15, 0.2) is 4.42 Å². The minimum atomic E-state index is -0.983. The molecular formula is C11H15N3O4S. The molecule has 0 aromatic carbocycles. The van der Waals surface area contributed by atoms with Crippen LogP contribution in [0.5, 0.6) is 0 Å². The zero-order valence-corrected chi connectivity index (χ0v) is 11.5. The molecule has 2 amide bonds. The average molecular weight is 285 g/mol. The lowest BCUT2D eigenvalue weighted by Crippen LogP contribution is -2.46. The van der Waals surface area contributed by atoms with Gasteiger partial charge in [-0.25, -0.2) is 14.6 Å². The number of amides is 2. The molecule has 0 spiro atoms. The van der Waals surface area contributed by atoms with Gasteiger partial charge >= 0.3 is 12.0 Å². The second kappa shape index (κ2) is 5.52. The second-order valence-electron chi connectivity index (χ2n) is 4.23. The van der Waals surface area contributed by atoms with E-state index in [0.29, 0.717) is 23.3 Å². The summed E-state index contributed by atoms with van der Waals surface area (Å²) in [5.41, 5.74) is 0.782. The van der Waals surface area contributed by atoms with Gasteiger partial charge in [-0.1, -0.05) is 0 Å². The van der Waals surface area contributed by atoms with Crippen molar-refractivity contribution in [3.63, 3.8) is 0 Å². The maximum atomic E-state index is 11.9.